The first-order valence-corrected chi connectivity index (χ1v) is 6.83. The fourth-order valence-electron chi connectivity index (χ4n) is 1.72. The molecule has 1 atom stereocenters. The molecule has 0 spiro atoms. The lowest BCUT2D eigenvalue weighted by Crippen LogP contribution is -2.29. The lowest BCUT2D eigenvalue weighted by atomic mass is 10.2. The molecule has 0 fully saturated rings. The molecular weight excluding hydrogens is 299 g/mol. The average molecular weight is 313 g/mol. The Morgan fingerprint density at radius 2 is 2.00 bits per heavy atom. The van der Waals surface area contributed by atoms with Crippen LogP contribution in [0.25, 0.3) is 0 Å². The summed E-state index contributed by atoms with van der Waals surface area (Å²) in [6, 6.07) is 8.51. The van der Waals surface area contributed by atoms with E-state index in [1.807, 2.05) is 19.1 Å². The highest BCUT2D eigenvalue weighted by Gasteiger charge is 2.10. The van der Waals surface area contributed by atoms with E-state index >= 15 is 0 Å². The molecule has 0 aliphatic rings. The Morgan fingerprint density at radius 3 is 2.60 bits per heavy atom. The highest BCUT2D eigenvalue weighted by atomic mass is 35.5. The Morgan fingerprint density at radius 1 is 1.30 bits per heavy atom. The minimum atomic E-state index is -0.179. The third-order valence-corrected chi connectivity index (χ3v) is 3.12. The normalized spacial score (nSPS) is 12.2. The molecule has 0 radical (unpaired) electrons. The highest BCUT2D eigenvalue weighted by molar-refractivity contribution is 6.35. The van der Waals surface area contributed by atoms with E-state index < -0.39 is 0 Å². The third kappa shape index (κ3) is 4.27. The van der Waals surface area contributed by atoms with Gasteiger partial charge in [0, 0.05) is 15.7 Å². The Balaban J connectivity index is 1.86. The van der Waals surface area contributed by atoms with Crippen LogP contribution in [0.1, 0.15) is 18.7 Å². The fourth-order valence-corrected chi connectivity index (χ4v) is 2.24. The first-order chi connectivity index (χ1) is 9.54. The van der Waals surface area contributed by atoms with E-state index in [2.05, 4.69) is 10.6 Å². The summed E-state index contributed by atoms with van der Waals surface area (Å²) in [4.78, 5) is 11.8. The molecular formula is C14H14Cl2N2O2. The van der Waals surface area contributed by atoms with Gasteiger partial charge in [-0.1, -0.05) is 23.2 Å². The number of amides is 1. The van der Waals surface area contributed by atoms with E-state index in [1.54, 1.807) is 24.5 Å². The van der Waals surface area contributed by atoms with Crippen molar-refractivity contribution in [2.24, 2.45) is 0 Å². The number of halogens is 2. The van der Waals surface area contributed by atoms with Gasteiger partial charge < -0.3 is 9.73 Å². The van der Waals surface area contributed by atoms with Crippen LogP contribution in [-0.4, -0.2) is 12.5 Å². The number of carbonyl (C=O) groups excluding carboxylic acids is 1. The second-order valence-electron chi connectivity index (χ2n) is 4.32. The average Bonchev–Trinajstić information content (AvgIpc) is 2.88. The van der Waals surface area contributed by atoms with Gasteiger partial charge in [-0.05, 0) is 37.3 Å². The molecule has 1 aromatic carbocycles. The summed E-state index contributed by atoms with van der Waals surface area (Å²) >= 11 is 11.7. The van der Waals surface area contributed by atoms with Gasteiger partial charge in [-0.2, -0.15) is 0 Å². The van der Waals surface area contributed by atoms with E-state index in [9.17, 15) is 4.79 Å². The summed E-state index contributed by atoms with van der Waals surface area (Å²) in [6.45, 7) is 2.08. The summed E-state index contributed by atoms with van der Waals surface area (Å²) in [5.74, 6) is 0.602. The van der Waals surface area contributed by atoms with Crippen molar-refractivity contribution in [1.82, 2.24) is 5.32 Å². The zero-order chi connectivity index (χ0) is 14.5. The molecule has 0 saturated heterocycles. The molecule has 0 unspecified atom stereocenters. The minimum Gasteiger partial charge on any atom is -0.468 e. The lowest BCUT2D eigenvalue weighted by Gasteiger charge is -2.11. The van der Waals surface area contributed by atoms with Crippen LogP contribution in [0.2, 0.25) is 10.0 Å². The third-order valence-electron chi connectivity index (χ3n) is 2.69. The topological polar surface area (TPSA) is 54.3 Å². The number of furan rings is 1. The quantitative estimate of drug-likeness (QED) is 0.881. The molecule has 0 saturated carbocycles. The van der Waals surface area contributed by atoms with Crippen LogP contribution in [0, 0.1) is 0 Å². The van der Waals surface area contributed by atoms with Gasteiger partial charge in [0.1, 0.15) is 5.76 Å². The van der Waals surface area contributed by atoms with Gasteiger partial charge in [-0.25, -0.2) is 0 Å². The predicted molar refractivity (Wildman–Crippen MR) is 80.2 cm³/mol. The van der Waals surface area contributed by atoms with Gasteiger partial charge in [0.05, 0.1) is 18.8 Å². The second-order valence-corrected chi connectivity index (χ2v) is 5.20. The largest absolute Gasteiger partial charge is 0.468 e. The number of carbonyl (C=O) groups is 1. The SMILES string of the molecule is C[C@@H](NCC(=O)Nc1cc(Cl)cc(Cl)c1)c1ccco1. The Hall–Kier alpha value is -1.49. The van der Waals surface area contributed by atoms with Crippen LogP contribution in [0.15, 0.2) is 41.0 Å². The Kier molecular flexibility index (Phi) is 5.06. The maximum Gasteiger partial charge on any atom is 0.238 e. The van der Waals surface area contributed by atoms with Crippen molar-refractivity contribution in [3.05, 3.63) is 52.4 Å². The molecule has 2 aromatic rings. The predicted octanol–water partition coefficient (Wildman–Crippen LogP) is 3.88. The van der Waals surface area contributed by atoms with Crippen LogP contribution < -0.4 is 10.6 Å². The van der Waals surface area contributed by atoms with Gasteiger partial charge >= 0.3 is 0 Å². The summed E-state index contributed by atoms with van der Waals surface area (Å²) in [7, 11) is 0. The molecule has 4 nitrogen and oxygen atoms in total. The molecule has 106 valence electrons. The Bertz CT molecular complexity index is 565. The van der Waals surface area contributed by atoms with Crippen LogP contribution in [0.4, 0.5) is 5.69 Å². The van der Waals surface area contributed by atoms with Crippen LogP contribution in [0.3, 0.4) is 0 Å². The zero-order valence-electron chi connectivity index (χ0n) is 10.8. The van der Waals surface area contributed by atoms with Gasteiger partial charge in [-0.3, -0.25) is 10.1 Å². The van der Waals surface area contributed by atoms with E-state index in [-0.39, 0.29) is 18.5 Å². The molecule has 2 N–H and O–H groups in total. The summed E-state index contributed by atoms with van der Waals surface area (Å²) < 4.78 is 5.25. The number of benzene rings is 1. The van der Waals surface area contributed by atoms with Gasteiger partial charge in [0.25, 0.3) is 0 Å². The molecule has 20 heavy (non-hydrogen) atoms. The van der Waals surface area contributed by atoms with Crippen molar-refractivity contribution in [2.75, 3.05) is 11.9 Å². The van der Waals surface area contributed by atoms with Crippen LogP contribution >= 0.6 is 23.2 Å². The molecule has 2 rings (SSSR count). The van der Waals surface area contributed by atoms with Crippen molar-refractivity contribution in [1.29, 1.82) is 0 Å². The first kappa shape index (κ1) is 14.9. The maximum atomic E-state index is 11.8. The van der Waals surface area contributed by atoms with Gasteiger partial charge in [0.2, 0.25) is 5.91 Å². The van der Waals surface area contributed by atoms with Crippen molar-refractivity contribution in [3.8, 4) is 0 Å². The van der Waals surface area contributed by atoms with E-state index in [0.29, 0.717) is 15.7 Å². The number of hydrogen-bond acceptors (Lipinski definition) is 3. The summed E-state index contributed by atoms with van der Waals surface area (Å²) in [6.07, 6.45) is 1.60. The van der Waals surface area contributed by atoms with Crippen molar-refractivity contribution >= 4 is 34.8 Å². The molecule has 1 heterocycles. The molecule has 6 heteroatoms. The number of anilines is 1. The zero-order valence-corrected chi connectivity index (χ0v) is 12.3. The van der Waals surface area contributed by atoms with Crippen molar-refractivity contribution in [2.45, 2.75) is 13.0 Å². The monoisotopic (exact) mass is 312 g/mol. The minimum absolute atomic E-state index is 0.0429. The number of hydrogen-bond donors (Lipinski definition) is 2. The number of rotatable bonds is 5. The lowest BCUT2D eigenvalue weighted by molar-refractivity contribution is -0.115. The molecule has 0 bridgehead atoms. The summed E-state index contributed by atoms with van der Waals surface area (Å²) in [5.41, 5.74) is 0.569. The van der Waals surface area contributed by atoms with Crippen LogP contribution in [-0.2, 0) is 4.79 Å². The maximum absolute atomic E-state index is 11.8. The van der Waals surface area contributed by atoms with E-state index in [1.165, 1.54) is 0 Å². The van der Waals surface area contributed by atoms with Crippen molar-refractivity contribution < 1.29 is 9.21 Å². The van der Waals surface area contributed by atoms with Crippen molar-refractivity contribution in [3.63, 3.8) is 0 Å². The molecule has 0 aliphatic carbocycles. The van der Waals surface area contributed by atoms with Crippen LogP contribution in [0.5, 0.6) is 0 Å². The first-order valence-electron chi connectivity index (χ1n) is 6.07. The number of nitrogens with one attached hydrogen (secondary N) is 2. The van der Waals surface area contributed by atoms with E-state index in [0.717, 1.165) is 5.76 Å². The molecule has 0 aliphatic heterocycles. The summed E-state index contributed by atoms with van der Waals surface area (Å²) in [5, 5.41) is 6.74. The Labute approximate surface area is 127 Å². The molecule has 1 aromatic heterocycles. The van der Waals surface area contributed by atoms with E-state index in [4.69, 9.17) is 27.6 Å². The fraction of sp³-hybridized carbons (Fsp3) is 0.214. The standard InChI is InChI=1S/C14H14Cl2N2O2/c1-9(13-3-2-4-20-13)17-8-14(19)18-12-6-10(15)5-11(16)7-12/h2-7,9,17H,8H2,1H3,(H,18,19)/t9-/m1/s1. The smallest absolute Gasteiger partial charge is 0.238 e. The highest BCUT2D eigenvalue weighted by Crippen LogP contribution is 2.22. The molecule has 1 amide bonds. The van der Waals surface area contributed by atoms with Gasteiger partial charge in [-0.15, -0.1) is 0 Å². The second kappa shape index (κ2) is 6.79. The van der Waals surface area contributed by atoms with Gasteiger partial charge in [0.15, 0.2) is 0 Å².